The number of para-hydroxylation sites is 1. The highest BCUT2D eigenvalue weighted by molar-refractivity contribution is 7.18. The molecular formula is C22H23ClN4O3S. The molecule has 31 heavy (non-hydrogen) atoms. The quantitative estimate of drug-likeness (QED) is 0.512. The second-order valence-electron chi connectivity index (χ2n) is 6.95. The lowest BCUT2D eigenvalue weighted by molar-refractivity contribution is -0.119. The molecule has 3 aromatic rings. The SMILES string of the molecule is CCC(C)C(NC(=O)c1ccccc1OC)C(=O)Nc1nnc(-c2cccc(Cl)c2)s1. The zero-order valence-electron chi connectivity index (χ0n) is 17.4. The molecule has 2 N–H and O–H groups in total. The Labute approximate surface area is 189 Å². The van der Waals surface area contributed by atoms with Crippen molar-refractivity contribution in [2.45, 2.75) is 26.3 Å². The van der Waals surface area contributed by atoms with E-state index in [2.05, 4.69) is 20.8 Å². The fraction of sp³-hybridized carbons (Fsp3) is 0.273. The van der Waals surface area contributed by atoms with E-state index in [9.17, 15) is 9.59 Å². The van der Waals surface area contributed by atoms with Crippen molar-refractivity contribution in [3.63, 3.8) is 0 Å². The van der Waals surface area contributed by atoms with E-state index in [1.165, 1.54) is 18.4 Å². The van der Waals surface area contributed by atoms with Crippen LogP contribution in [-0.2, 0) is 4.79 Å². The van der Waals surface area contributed by atoms with Crippen LogP contribution in [0.5, 0.6) is 5.75 Å². The Kier molecular flexibility index (Phi) is 7.59. The van der Waals surface area contributed by atoms with Crippen molar-refractivity contribution in [2.24, 2.45) is 5.92 Å². The number of methoxy groups -OCH3 is 1. The second-order valence-corrected chi connectivity index (χ2v) is 8.36. The monoisotopic (exact) mass is 458 g/mol. The van der Waals surface area contributed by atoms with Crippen molar-refractivity contribution in [1.29, 1.82) is 0 Å². The minimum atomic E-state index is -0.749. The first-order valence-corrected chi connectivity index (χ1v) is 11.0. The van der Waals surface area contributed by atoms with E-state index in [-0.39, 0.29) is 17.7 Å². The lowest BCUT2D eigenvalue weighted by Gasteiger charge is -2.23. The number of carbonyl (C=O) groups is 2. The molecule has 0 aliphatic rings. The molecule has 0 aliphatic carbocycles. The smallest absolute Gasteiger partial charge is 0.255 e. The minimum absolute atomic E-state index is 0.0982. The Morgan fingerprint density at radius 1 is 1.16 bits per heavy atom. The number of amides is 2. The molecule has 2 atom stereocenters. The van der Waals surface area contributed by atoms with Crippen LogP contribution in [0.15, 0.2) is 48.5 Å². The number of aromatic nitrogens is 2. The summed E-state index contributed by atoms with van der Waals surface area (Å²) in [6, 6.07) is 13.4. The van der Waals surface area contributed by atoms with Gasteiger partial charge in [0.05, 0.1) is 12.7 Å². The van der Waals surface area contributed by atoms with Gasteiger partial charge in [-0.05, 0) is 30.2 Å². The van der Waals surface area contributed by atoms with Gasteiger partial charge >= 0.3 is 0 Å². The molecule has 9 heteroatoms. The van der Waals surface area contributed by atoms with Crippen LogP contribution >= 0.6 is 22.9 Å². The van der Waals surface area contributed by atoms with Gasteiger partial charge in [0.2, 0.25) is 11.0 Å². The largest absolute Gasteiger partial charge is 0.496 e. The summed E-state index contributed by atoms with van der Waals surface area (Å²) in [6.07, 6.45) is 0.703. The zero-order valence-corrected chi connectivity index (χ0v) is 19.0. The summed E-state index contributed by atoms with van der Waals surface area (Å²) < 4.78 is 5.26. The van der Waals surface area contributed by atoms with Crippen molar-refractivity contribution in [2.75, 3.05) is 12.4 Å². The number of halogens is 1. The summed E-state index contributed by atoms with van der Waals surface area (Å²) in [5.41, 5.74) is 1.18. The highest BCUT2D eigenvalue weighted by atomic mass is 35.5. The van der Waals surface area contributed by atoms with E-state index in [0.29, 0.717) is 32.9 Å². The van der Waals surface area contributed by atoms with Crippen molar-refractivity contribution >= 4 is 39.9 Å². The van der Waals surface area contributed by atoms with Gasteiger partial charge in [0.1, 0.15) is 16.8 Å². The fourth-order valence-corrected chi connectivity index (χ4v) is 3.88. The number of ether oxygens (including phenoxy) is 1. The second kappa shape index (κ2) is 10.4. The maximum absolute atomic E-state index is 13.0. The average molecular weight is 459 g/mol. The molecule has 1 heterocycles. The molecule has 3 rings (SSSR count). The van der Waals surface area contributed by atoms with E-state index in [0.717, 1.165) is 5.56 Å². The molecule has 0 radical (unpaired) electrons. The van der Waals surface area contributed by atoms with E-state index in [4.69, 9.17) is 16.3 Å². The van der Waals surface area contributed by atoms with Crippen molar-refractivity contribution in [3.05, 3.63) is 59.1 Å². The van der Waals surface area contributed by atoms with Gasteiger partial charge in [-0.1, -0.05) is 67.5 Å². The predicted octanol–water partition coefficient (Wildman–Crippen LogP) is 4.65. The molecule has 2 amide bonds. The Balaban J connectivity index is 1.75. The number of benzene rings is 2. The number of carbonyl (C=O) groups excluding carboxylic acids is 2. The van der Waals surface area contributed by atoms with Gasteiger partial charge < -0.3 is 10.1 Å². The Morgan fingerprint density at radius 3 is 2.65 bits per heavy atom. The standard InChI is InChI=1S/C22H23ClN4O3S/c1-4-13(2)18(24-19(28)16-10-5-6-11-17(16)30-3)20(29)25-22-27-26-21(31-22)14-8-7-9-15(23)12-14/h5-13,18H,4H2,1-3H3,(H,24,28)(H,25,27,29). The highest BCUT2D eigenvalue weighted by Gasteiger charge is 2.28. The molecule has 2 aromatic carbocycles. The summed E-state index contributed by atoms with van der Waals surface area (Å²) in [5.74, 6) is -0.390. The Morgan fingerprint density at radius 2 is 1.94 bits per heavy atom. The van der Waals surface area contributed by atoms with Crippen LogP contribution in [0, 0.1) is 5.92 Å². The first-order chi connectivity index (χ1) is 14.9. The van der Waals surface area contributed by atoms with Crippen LogP contribution in [-0.4, -0.2) is 35.2 Å². The molecule has 0 bridgehead atoms. The van der Waals surface area contributed by atoms with E-state index in [1.807, 2.05) is 26.0 Å². The Bertz CT molecular complexity index is 1070. The first kappa shape index (κ1) is 22.7. The number of hydrogen-bond donors (Lipinski definition) is 2. The summed E-state index contributed by atoms with van der Waals surface area (Å²) >= 11 is 7.27. The van der Waals surface area contributed by atoms with Crippen molar-refractivity contribution < 1.29 is 14.3 Å². The van der Waals surface area contributed by atoms with Gasteiger partial charge in [-0.3, -0.25) is 14.9 Å². The van der Waals surface area contributed by atoms with Gasteiger partial charge in [0.15, 0.2) is 0 Å². The number of hydrogen-bond acceptors (Lipinski definition) is 6. The van der Waals surface area contributed by atoms with Crippen LogP contribution in [0.25, 0.3) is 10.6 Å². The molecule has 0 spiro atoms. The lowest BCUT2D eigenvalue weighted by Crippen LogP contribution is -2.47. The van der Waals surface area contributed by atoms with E-state index >= 15 is 0 Å². The maximum Gasteiger partial charge on any atom is 0.255 e. The van der Waals surface area contributed by atoms with Crippen LogP contribution in [0.2, 0.25) is 5.02 Å². The third-order valence-corrected chi connectivity index (χ3v) is 5.98. The van der Waals surface area contributed by atoms with Gasteiger partial charge in [0, 0.05) is 10.6 Å². The first-order valence-electron chi connectivity index (χ1n) is 9.77. The molecule has 0 fully saturated rings. The normalized spacial score (nSPS) is 12.6. The van der Waals surface area contributed by atoms with Crippen molar-refractivity contribution in [3.8, 4) is 16.3 Å². The number of nitrogens with zero attached hydrogens (tertiary/aromatic N) is 2. The lowest BCUT2D eigenvalue weighted by atomic mass is 9.98. The van der Waals surface area contributed by atoms with Crippen LogP contribution in [0.1, 0.15) is 30.6 Å². The molecule has 1 aromatic heterocycles. The number of rotatable bonds is 8. The van der Waals surface area contributed by atoms with Gasteiger partial charge in [-0.25, -0.2) is 0 Å². The maximum atomic E-state index is 13.0. The fourth-order valence-electron chi connectivity index (χ4n) is 2.95. The van der Waals surface area contributed by atoms with Gasteiger partial charge in [-0.15, -0.1) is 10.2 Å². The van der Waals surface area contributed by atoms with Crippen LogP contribution < -0.4 is 15.4 Å². The molecule has 0 saturated heterocycles. The summed E-state index contributed by atoms with van der Waals surface area (Å²) in [4.78, 5) is 25.8. The third kappa shape index (κ3) is 5.59. The van der Waals surface area contributed by atoms with Crippen LogP contribution in [0.3, 0.4) is 0 Å². The molecular weight excluding hydrogens is 436 g/mol. The summed E-state index contributed by atoms with van der Waals surface area (Å²) in [7, 11) is 1.50. The predicted molar refractivity (Wildman–Crippen MR) is 123 cm³/mol. The molecule has 0 aliphatic heterocycles. The summed E-state index contributed by atoms with van der Waals surface area (Å²) in [5, 5.41) is 15.4. The van der Waals surface area contributed by atoms with Crippen molar-refractivity contribution in [1.82, 2.24) is 15.5 Å². The number of anilines is 1. The topological polar surface area (TPSA) is 93.2 Å². The minimum Gasteiger partial charge on any atom is -0.496 e. The third-order valence-electron chi connectivity index (χ3n) is 4.86. The zero-order chi connectivity index (χ0) is 22.4. The van der Waals surface area contributed by atoms with Gasteiger partial charge in [-0.2, -0.15) is 0 Å². The summed E-state index contributed by atoms with van der Waals surface area (Å²) in [6.45, 7) is 3.87. The molecule has 2 unspecified atom stereocenters. The van der Waals surface area contributed by atoms with Crippen LogP contribution in [0.4, 0.5) is 5.13 Å². The van der Waals surface area contributed by atoms with Gasteiger partial charge in [0.25, 0.3) is 5.91 Å². The van der Waals surface area contributed by atoms with E-state index < -0.39 is 6.04 Å². The molecule has 7 nitrogen and oxygen atoms in total. The average Bonchev–Trinajstić information content (AvgIpc) is 3.25. The highest BCUT2D eigenvalue weighted by Crippen LogP contribution is 2.28. The number of nitrogens with one attached hydrogen (secondary N) is 2. The molecule has 0 saturated carbocycles. The molecule has 162 valence electrons. The Hall–Kier alpha value is -2.97. The van der Waals surface area contributed by atoms with E-state index in [1.54, 1.807) is 36.4 Å².